The number of para-hydroxylation sites is 1. The van der Waals surface area contributed by atoms with E-state index in [1.807, 2.05) is 19.1 Å². The molecule has 0 saturated heterocycles. The second-order valence-electron chi connectivity index (χ2n) is 5.67. The molecule has 0 spiro atoms. The highest BCUT2D eigenvalue weighted by molar-refractivity contribution is 5.78. The number of allylic oxidation sites excluding steroid dienone is 2. The van der Waals surface area contributed by atoms with Gasteiger partial charge >= 0.3 is 0 Å². The monoisotopic (exact) mass is 304 g/mol. The fourth-order valence-corrected chi connectivity index (χ4v) is 2.74. The van der Waals surface area contributed by atoms with Crippen LogP contribution in [0, 0.1) is 13.8 Å². The number of anilines is 2. The van der Waals surface area contributed by atoms with Crippen molar-refractivity contribution >= 4 is 23.8 Å². The Labute approximate surface area is 139 Å². The van der Waals surface area contributed by atoms with Crippen molar-refractivity contribution in [3.8, 4) is 0 Å². The van der Waals surface area contributed by atoms with Crippen LogP contribution in [0.2, 0.25) is 0 Å². The molecule has 0 radical (unpaired) electrons. The second kappa shape index (κ2) is 7.10. The van der Waals surface area contributed by atoms with Gasteiger partial charge in [0.1, 0.15) is 0 Å². The molecule has 0 bridgehead atoms. The van der Waals surface area contributed by atoms with Crippen LogP contribution < -0.4 is 4.90 Å². The van der Waals surface area contributed by atoms with Gasteiger partial charge in [-0.2, -0.15) is 0 Å². The van der Waals surface area contributed by atoms with E-state index in [1.54, 1.807) is 0 Å². The highest BCUT2D eigenvalue weighted by Crippen LogP contribution is 2.33. The number of aliphatic imine (C=N–C) groups is 1. The van der Waals surface area contributed by atoms with Crippen LogP contribution in [0.3, 0.4) is 0 Å². The van der Waals surface area contributed by atoms with E-state index in [-0.39, 0.29) is 0 Å². The highest BCUT2D eigenvalue weighted by atomic mass is 15.1. The van der Waals surface area contributed by atoms with Gasteiger partial charge in [0.25, 0.3) is 0 Å². The Balaban J connectivity index is 2.54. The molecule has 0 aromatic heterocycles. The molecular formula is C21H24N2. The van der Waals surface area contributed by atoms with Gasteiger partial charge in [-0.1, -0.05) is 36.9 Å². The largest absolute Gasteiger partial charge is 0.344 e. The Bertz CT molecular complexity index is 755. The Hall–Kier alpha value is -2.61. The van der Waals surface area contributed by atoms with Gasteiger partial charge < -0.3 is 4.90 Å². The third-order valence-corrected chi connectivity index (χ3v) is 4.36. The van der Waals surface area contributed by atoms with E-state index in [2.05, 4.69) is 80.5 Å². The van der Waals surface area contributed by atoms with Crippen LogP contribution in [0.5, 0.6) is 0 Å². The fraction of sp³-hybridized carbons (Fsp3) is 0.190. The van der Waals surface area contributed by atoms with Gasteiger partial charge in [-0.05, 0) is 62.4 Å². The SMILES string of the molecule is C=C/C(C)=C(\N=C)c1ccc(N(C)c2ccccc2)c(C)c1C. The summed E-state index contributed by atoms with van der Waals surface area (Å²) >= 11 is 0. The molecule has 0 N–H and O–H groups in total. The normalized spacial score (nSPS) is 11.7. The lowest BCUT2D eigenvalue weighted by molar-refractivity contribution is 1.16. The Morgan fingerprint density at radius 3 is 2.26 bits per heavy atom. The van der Waals surface area contributed by atoms with Gasteiger partial charge in [0.15, 0.2) is 0 Å². The molecule has 0 aliphatic heterocycles. The molecule has 2 aromatic carbocycles. The maximum absolute atomic E-state index is 4.21. The average molecular weight is 304 g/mol. The Morgan fingerprint density at radius 2 is 1.70 bits per heavy atom. The molecule has 0 aliphatic carbocycles. The minimum Gasteiger partial charge on any atom is -0.344 e. The minimum atomic E-state index is 0.898. The zero-order valence-electron chi connectivity index (χ0n) is 14.4. The standard InChI is InChI=1S/C21H24N2/c1-7-15(2)21(22-5)19-13-14-20(17(4)16(19)3)23(6)18-11-9-8-10-12-18/h7-14H,1,5H2,2-4,6H3/b21-15-. The summed E-state index contributed by atoms with van der Waals surface area (Å²) in [5, 5.41) is 0. The van der Waals surface area contributed by atoms with Crippen molar-refractivity contribution in [3.63, 3.8) is 0 Å². The van der Waals surface area contributed by atoms with Crippen LogP contribution in [0.15, 0.2) is 65.7 Å². The third kappa shape index (κ3) is 3.26. The molecular weight excluding hydrogens is 280 g/mol. The lowest BCUT2D eigenvalue weighted by atomic mass is 9.96. The molecule has 2 aromatic rings. The van der Waals surface area contributed by atoms with E-state index >= 15 is 0 Å². The maximum atomic E-state index is 4.21. The van der Waals surface area contributed by atoms with Gasteiger partial charge in [0.2, 0.25) is 0 Å². The van der Waals surface area contributed by atoms with Crippen LogP contribution in [0.1, 0.15) is 23.6 Å². The van der Waals surface area contributed by atoms with E-state index in [9.17, 15) is 0 Å². The summed E-state index contributed by atoms with van der Waals surface area (Å²) in [5.41, 5.74) is 7.86. The van der Waals surface area contributed by atoms with Crippen LogP contribution in [-0.2, 0) is 0 Å². The number of benzene rings is 2. The van der Waals surface area contributed by atoms with Crippen LogP contribution >= 0.6 is 0 Å². The van der Waals surface area contributed by atoms with Crippen molar-refractivity contribution < 1.29 is 0 Å². The first-order chi connectivity index (χ1) is 11.0. The van der Waals surface area contributed by atoms with Gasteiger partial charge in [0.05, 0.1) is 5.70 Å². The predicted molar refractivity (Wildman–Crippen MR) is 103 cm³/mol. The third-order valence-electron chi connectivity index (χ3n) is 4.36. The van der Waals surface area contributed by atoms with E-state index in [0.29, 0.717) is 0 Å². The summed E-state index contributed by atoms with van der Waals surface area (Å²) in [4.78, 5) is 6.41. The number of hydrogen-bond acceptors (Lipinski definition) is 2. The van der Waals surface area contributed by atoms with Crippen molar-refractivity contribution in [1.29, 1.82) is 0 Å². The van der Waals surface area contributed by atoms with Crippen molar-refractivity contribution in [2.75, 3.05) is 11.9 Å². The number of rotatable bonds is 5. The topological polar surface area (TPSA) is 15.6 Å². The highest BCUT2D eigenvalue weighted by Gasteiger charge is 2.13. The molecule has 2 heteroatoms. The smallest absolute Gasteiger partial charge is 0.0726 e. The Morgan fingerprint density at radius 1 is 1.04 bits per heavy atom. The van der Waals surface area contributed by atoms with E-state index < -0.39 is 0 Å². The molecule has 2 rings (SSSR count). The number of nitrogens with zero attached hydrogens (tertiary/aromatic N) is 2. The van der Waals surface area contributed by atoms with Crippen LogP contribution in [0.25, 0.3) is 5.70 Å². The van der Waals surface area contributed by atoms with Crippen molar-refractivity contribution in [2.45, 2.75) is 20.8 Å². The predicted octanol–water partition coefficient (Wildman–Crippen LogP) is 5.69. The molecule has 0 unspecified atom stereocenters. The van der Waals surface area contributed by atoms with Gasteiger partial charge in [-0.15, -0.1) is 0 Å². The summed E-state index contributed by atoms with van der Waals surface area (Å²) in [6.45, 7) is 13.8. The molecule has 0 atom stereocenters. The molecule has 23 heavy (non-hydrogen) atoms. The molecule has 2 nitrogen and oxygen atoms in total. The summed E-state index contributed by atoms with van der Waals surface area (Å²) < 4.78 is 0. The lowest BCUT2D eigenvalue weighted by Gasteiger charge is -2.24. The summed E-state index contributed by atoms with van der Waals surface area (Å²) in [6.07, 6.45) is 1.82. The zero-order chi connectivity index (χ0) is 17.0. The van der Waals surface area contributed by atoms with Crippen LogP contribution in [0.4, 0.5) is 11.4 Å². The summed E-state index contributed by atoms with van der Waals surface area (Å²) in [7, 11) is 2.09. The van der Waals surface area contributed by atoms with Crippen LogP contribution in [-0.4, -0.2) is 13.8 Å². The van der Waals surface area contributed by atoms with Gasteiger partial charge in [0, 0.05) is 24.0 Å². The number of hydrogen-bond donors (Lipinski definition) is 0. The lowest BCUT2D eigenvalue weighted by Crippen LogP contribution is -2.11. The second-order valence-corrected chi connectivity index (χ2v) is 5.67. The summed E-state index contributed by atoms with van der Waals surface area (Å²) in [6, 6.07) is 14.6. The quantitative estimate of drug-likeness (QED) is 0.512. The fourth-order valence-electron chi connectivity index (χ4n) is 2.74. The average Bonchev–Trinajstić information content (AvgIpc) is 2.59. The summed E-state index contributed by atoms with van der Waals surface area (Å²) in [5.74, 6) is 0. The van der Waals surface area contributed by atoms with E-state index in [1.165, 1.54) is 22.5 Å². The molecule has 0 saturated carbocycles. The zero-order valence-corrected chi connectivity index (χ0v) is 14.4. The first kappa shape index (κ1) is 16.8. The van der Waals surface area contributed by atoms with E-state index in [4.69, 9.17) is 0 Å². The van der Waals surface area contributed by atoms with Crippen molar-refractivity contribution in [3.05, 3.63) is 77.4 Å². The first-order valence-corrected chi connectivity index (χ1v) is 7.70. The molecule has 0 amide bonds. The Kier molecular flexibility index (Phi) is 5.17. The van der Waals surface area contributed by atoms with Crippen molar-refractivity contribution in [1.82, 2.24) is 0 Å². The molecule has 118 valence electrons. The molecule has 0 fully saturated rings. The maximum Gasteiger partial charge on any atom is 0.0726 e. The van der Waals surface area contributed by atoms with Gasteiger partial charge in [-0.3, -0.25) is 4.99 Å². The first-order valence-electron chi connectivity index (χ1n) is 7.70. The van der Waals surface area contributed by atoms with E-state index in [0.717, 1.165) is 16.8 Å². The minimum absolute atomic E-state index is 0.898. The molecule has 0 heterocycles. The van der Waals surface area contributed by atoms with Gasteiger partial charge in [-0.25, -0.2) is 0 Å². The van der Waals surface area contributed by atoms with Crippen molar-refractivity contribution in [2.24, 2.45) is 4.99 Å². The molecule has 0 aliphatic rings.